The van der Waals surface area contributed by atoms with Crippen LogP contribution in [0.5, 0.6) is 0 Å². The van der Waals surface area contributed by atoms with Gasteiger partial charge in [0.2, 0.25) is 0 Å². The Balaban J connectivity index is 1.30. The second kappa shape index (κ2) is 15.8. The van der Waals surface area contributed by atoms with Crippen molar-refractivity contribution < 1.29 is 14.4 Å². The molecule has 4 aromatic rings. The molecular weight excluding hydrogens is 574 g/mol. The lowest BCUT2D eigenvalue weighted by molar-refractivity contribution is 0.0943. The Bertz CT molecular complexity index is 1700. The Kier molecular flexibility index (Phi) is 11.4. The second-order valence-corrected chi connectivity index (χ2v) is 10.1. The number of amides is 3. The van der Waals surface area contributed by atoms with Gasteiger partial charge in [-0.15, -0.1) is 0 Å². The van der Waals surface area contributed by atoms with Gasteiger partial charge in [-0.2, -0.15) is 0 Å². The Morgan fingerprint density at radius 3 is 1.71 bits per heavy atom. The van der Waals surface area contributed by atoms with Crippen LogP contribution in [0.1, 0.15) is 44.2 Å². The second-order valence-electron chi connectivity index (χ2n) is 10.1. The van der Waals surface area contributed by atoms with Crippen molar-refractivity contribution in [2.45, 2.75) is 12.8 Å². The molecule has 0 saturated heterocycles. The number of carbonyl (C=O) groups excluding carboxylic acids is 3. The largest absolute Gasteiger partial charge is 0.359 e. The average Bonchev–Trinajstić information content (AvgIpc) is 3.68. The van der Waals surface area contributed by atoms with Crippen LogP contribution in [0.25, 0.3) is 21.8 Å². The van der Waals surface area contributed by atoms with Gasteiger partial charge in [0.15, 0.2) is 11.9 Å². The van der Waals surface area contributed by atoms with E-state index >= 15 is 0 Å². The van der Waals surface area contributed by atoms with Gasteiger partial charge in [-0.3, -0.25) is 24.4 Å². The topological polar surface area (TPSA) is 192 Å². The van der Waals surface area contributed by atoms with E-state index in [0.29, 0.717) is 60.7 Å². The minimum atomic E-state index is -0.322. The van der Waals surface area contributed by atoms with Crippen LogP contribution < -0.4 is 37.2 Å². The third-order valence-corrected chi connectivity index (χ3v) is 7.03. The normalized spacial score (nSPS) is 11.7. The minimum absolute atomic E-state index is 0.183. The highest BCUT2D eigenvalue weighted by molar-refractivity contribution is 6.08. The summed E-state index contributed by atoms with van der Waals surface area (Å²) in [5.41, 5.74) is 3.42. The third-order valence-electron chi connectivity index (χ3n) is 7.03. The Morgan fingerprint density at radius 2 is 1.13 bits per heavy atom. The molecule has 3 amide bonds. The lowest BCUT2D eigenvalue weighted by atomic mass is 10.1. The number of hydrogen-bond acceptors (Lipinski definition) is 5. The third kappa shape index (κ3) is 8.75. The maximum Gasteiger partial charge on any atom is 0.272 e. The van der Waals surface area contributed by atoms with E-state index in [1.807, 2.05) is 12.1 Å². The van der Waals surface area contributed by atoms with E-state index in [-0.39, 0.29) is 17.7 Å². The SMILES string of the molecule is C/N=C(/NC)NCCCNC(=O)c1ccc2[nH]c(C(=O)Nc3ccc4[nH]c(C(=O)NCCCN/C(=N\C)NC)cc4c3)cc2c1. The van der Waals surface area contributed by atoms with Crippen LogP contribution in [-0.4, -0.2) is 94.0 Å². The van der Waals surface area contributed by atoms with Crippen LogP contribution in [-0.2, 0) is 0 Å². The van der Waals surface area contributed by atoms with Gasteiger partial charge in [-0.05, 0) is 61.4 Å². The summed E-state index contributed by atoms with van der Waals surface area (Å²) in [6.45, 7) is 2.35. The molecule has 0 bridgehead atoms. The first-order valence-electron chi connectivity index (χ1n) is 14.7. The number of H-pyrrole nitrogens is 2. The van der Waals surface area contributed by atoms with Gasteiger partial charge in [-0.1, -0.05) is 0 Å². The molecule has 2 aromatic carbocycles. The van der Waals surface area contributed by atoms with Crippen molar-refractivity contribution in [3.63, 3.8) is 0 Å². The molecule has 0 atom stereocenters. The number of anilines is 1. The van der Waals surface area contributed by atoms with Gasteiger partial charge < -0.3 is 47.2 Å². The van der Waals surface area contributed by atoms with Crippen molar-refractivity contribution in [1.82, 2.24) is 41.9 Å². The number of guanidine groups is 2. The first-order valence-corrected chi connectivity index (χ1v) is 14.7. The molecule has 14 nitrogen and oxygen atoms in total. The predicted octanol–water partition coefficient (Wildman–Crippen LogP) is 1.73. The van der Waals surface area contributed by atoms with Crippen molar-refractivity contribution in [2.24, 2.45) is 9.98 Å². The minimum Gasteiger partial charge on any atom is -0.359 e. The smallest absolute Gasteiger partial charge is 0.272 e. The van der Waals surface area contributed by atoms with Crippen LogP contribution in [0.3, 0.4) is 0 Å². The van der Waals surface area contributed by atoms with Crippen LogP contribution in [0, 0.1) is 0 Å². The lowest BCUT2D eigenvalue weighted by Crippen LogP contribution is -2.36. The predicted molar refractivity (Wildman–Crippen MR) is 179 cm³/mol. The monoisotopic (exact) mass is 615 g/mol. The zero-order chi connectivity index (χ0) is 32.2. The number of aromatic nitrogens is 2. The standard InChI is InChI=1S/C31H41N11O3/c1-32-30(33-2)38-13-5-11-36-27(43)19-7-9-23-20(15-19)17-26(42-23)29(45)40-22-8-10-24-21(16-22)18-25(41-24)28(44)37-12-6-14-39-31(34-3)35-4/h7-10,15-18,41-42H,5-6,11-14H2,1-4H3,(H,36,43)(H,37,44)(H,40,45)(H2,32,33,38)(H2,34,35,39). The van der Waals surface area contributed by atoms with Gasteiger partial charge in [0.25, 0.3) is 17.7 Å². The molecule has 238 valence electrons. The number of nitrogens with zero attached hydrogens (tertiary/aromatic N) is 2. The molecule has 0 aliphatic heterocycles. The van der Waals surface area contributed by atoms with E-state index in [0.717, 1.165) is 34.6 Å². The highest BCUT2D eigenvalue weighted by atomic mass is 16.2. The van der Waals surface area contributed by atoms with E-state index < -0.39 is 0 Å². The first kappa shape index (κ1) is 32.4. The highest BCUT2D eigenvalue weighted by Crippen LogP contribution is 2.22. The van der Waals surface area contributed by atoms with Crippen LogP contribution in [0.4, 0.5) is 5.69 Å². The van der Waals surface area contributed by atoms with Crippen LogP contribution in [0.15, 0.2) is 58.5 Å². The molecular formula is C31H41N11O3. The van der Waals surface area contributed by atoms with Gasteiger partial charge in [0.05, 0.1) is 0 Å². The Labute approximate surface area is 261 Å². The highest BCUT2D eigenvalue weighted by Gasteiger charge is 2.14. The van der Waals surface area contributed by atoms with Crippen molar-refractivity contribution in [1.29, 1.82) is 0 Å². The van der Waals surface area contributed by atoms with Crippen LogP contribution >= 0.6 is 0 Å². The van der Waals surface area contributed by atoms with E-state index in [9.17, 15) is 14.4 Å². The number of aromatic amines is 2. The van der Waals surface area contributed by atoms with Crippen molar-refractivity contribution >= 4 is 57.1 Å². The fourth-order valence-corrected chi connectivity index (χ4v) is 4.68. The number of rotatable bonds is 12. The molecule has 45 heavy (non-hydrogen) atoms. The fourth-order valence-electron chi connectivity index (χ4n) is 4.68. The number of aliphatic imine (C=N–C) groups is 2. The summed E-state index contributed by atoms with van der Waals surface area (Å²) < 4.78 is 0. The van der Waals surface area contributed by atoms with E-state index in [1.54, 1.807) is 64.6 Å². The number of nitrogens with one attached hydrogen (secondary N) is 9. The summed E-state index contributed by atoms with van der Waals surface area (Å²) in [4.78, 5) is 52.7. The van der Waals surface area contributed by atoms with E-state index in [2.05, 4.69) is 57.2 Å². The quantitative estimate of drug-likeness (QED) is 0.0658. The molecule has 0 fully saturated rings. The maximum atomic E-state index is 13.1. The first-order chi connectivity index (χ1) is 21.8. The van der Waals surface area contributed by atoms with Crippen molar-refractivity contribution in [2.75, 3.05) is 59.7 Å². The number of hydrogen-bond donors (Lipinski definition) is 9. The van der Waals surface area contributed by atoms with Crippen molar-refractivity contribution in [3.8, 4) is 0 Å². The lowest BCUT2D eigenvalue weighted by Gasteiger charge is -2.09. The molecule has 9 N–H and O–H groups in total. The Hall–Kier alpha value is -5.53. The molecule has 0 spiro atoms. The fraction of sp³-hybridized carbons (Fsp3) is 0.323. The van der Waals surface area contributed by atoms with Crippen LogP contribution in [0.2, 0.25) is 0 Å². The molecule has 0 aliphatic carbocycles. The molecule has 0 saturated carbocycles. The summed E-state index contributed by atoms with van der Waals surface area (Å²) in [5, 5.41) is 22.4. The number of fused-ring (bicyclic) bond motifs is 2. The zero-order valence-corrected chi connectivity index (χ0v) is 26.0. The number of benzene rings is 2. The molecule has 0 aliphatic rings. The molecule has 2 heterocycles. The summed E-state index contributed by atoms with van der Waals surface area (Å²) in [7, 11) is 6.97. The molecule has 4 rings (SSSR count). The molecule has 0 unspecified atom stereocenters. The van der Waals surface area contributed by atoms with E-state index in [1.165, 1.54) is 0 Å². The van der Waals surface area contributed by atoms with E-state index in [4.69, 9.17) is 0 Å². The van der Waals surface area contributed by atoms with Gasteiger partial charge >= 0.3 is 0 Å². The number of carbonyl (C=O) groups is 3. The van der Waals surface area contributed by atoms with Gasteiger partial charge in [0, 0.05) is 87.4 Å². The summed E-state index contributed by atoms with van der Waals surface area (Å²) in [6.07, 6.45) is 1.47. The average molecular weight is 616 g/mol. The van der Waals surface area contributed by atoms with Gasteiger partial charge in [-0.25, -0.2) is 0 Å². The van der Waals surface area contributed by atoms with Crippen molar-refractivity contribution in [3.05, 3.63) is 65.5 Å². The zero-order valence-electron chi connectivity index (χ0n) is 26.0. The Morgan fingerprint density at radius 1 is 0.622 bits per heavy atom. The molecule has 2 aromatic heterocycles. The summed E-state index contributed by atoms with van der Waals surface area (Å²) in [5.74, 6) is 0.679. The summed E-state index contributed by atoms with van der Waals surface area (Å²) >= 11 is 0. The summed E-state index contributed by atoms with van der Waals surface area (Å²) in [6, 6.07) is 14.1. The maximum absolute atomic E-state index is 13.1. The van der Waals surface area contributed by atoms with Gasteiger partial charge in [0.1, 0.15) is 11.4 Å². The molecule has 0 radical (unpaired) electrons. The molecule has 14 heteroatoms.